The van der Waals surface area contributed by atoms with E-state index in [0.717, 1.165) is 6.08 Å². The van der Waals surface area contributed by atoms with Crippen LogP contribution in [0.3, 0.4) is 0 Å². The maximum absolute atomic E-state index is 10.2. The summed E-state index contributed by atoms with van der Waals surface area (Å²) in [7, 11) is 0. The third-order valence-electron chi connectivity index (χ3n) is 1.54. The van der Waals surface area contributed by atoms with Gasteiger partial charge in [-0.15, -0.1) is 0 Å². The molecule has 1 rings (SSSR count). The quantitative estimate of drug-likeness (QED) is 0.757. The number of rotatable bonds is 2. The number of halogens is 1. The lowest BCUT2D eigenvalue weighted by molar-refractivity contribution is -0.131. The summed E-state index contributed by atoms with van der Waals surface area (Å²) < 4.78 is 0. The zero-order valence-corrected chi connectivity index (χ0v) is 7.82. The molecule has 1 aromatic rings. The first kappa shape index (κ1) is 10.3. The monoisotopic (exact) mass is 207 g/mol. The normalized spacial score (nSPS) is 10.0. The van der Waals surface area contributed by atoms with Gasteiger partial charge in [-0.1, -0.05) is 17.7 Å². The van der Waals surface area contributed by atoms with Gasteiger partial charge < -0.3 is 5.11 Å². The van der Waals surface area contributed by atoms with E-state index in [1.807, 2.05) is 6.07 Å². The Morgan fingerprint density at radius 1 is 1.57 bits per heavy atom. The average Bonchev–Trinajstić information content (AvgIpc) is 2.15. The van der Waals surface area contributed by atoms with E-state index in [1.165, 1.54) is 12.1 Å². The SMILES string of the molecule is N#Cc1cc(Cl)ccc1/C=C/C(=O)O. The van der Waals surface area contributed by atoms with Crippen LogP contribution in [0.15, 0.2) is 24.3 Å². The number of carboxylic acid groups (broad SMARTS) is 1. The van der Waals surface area contributed by atoms with Crippen molar-refractivity contribution in [2.45, 2.75) is 0 Å². The Kier molecular flexibility index (Phi) is 3.27. The molecule has 1 aromatic carbocycles. The van der Waals surface area contributed by atoms with Crippen LogP contribution in [0.2, 0.25) is 5.02 Å². The maximum atomic E-state index is 10.2. The van der Waals surface area contributed by atoms with Crippen molar-refractivity contribution in [1.82, 2.24) is 0 Å². The summed E-state index contributed by atoms with van der Waals surface area (Å²) in [4.78, 5) is 10.2. The molecule has 0 fully saturated rings. The molecule has 0 heterocycles. The van der Waals surface area contributed by atoms with Gasteiger partial charge in [-0.05, 0) is 23.8 Å². The van der Waals surface area contributed by atoms with Crippen molar-refractivity contribution in [1.29, 1.82) is 5.26 Å². The molecule has 1 N–H and O–H groups in total. The summed E-state index contributed by atoms with van der Waals surface area (Å²) in [5.74, 6) is -1.05. The number of nitrogens with zero attached hydrogens (tertiary/aromatic N) is 1. The van der Waals surface area contributed by atoms with Crippen molar-refractivity contribution in [2.24, 2.45) is 0 Å². The topological polar surface area (TPSA) is 61.1 Å². The highest BCUT2D eigenvalue weighted by Gasteiger charge is 1.99. The first-order valence-electron chi connectivity index (χ1n) is 3.74. The van der Waals surface area contributed by atoms with Crippen LogP contribution in [0, 0.1) is 11.3 Å². The van der Waals surface area contributed by atoms with E-state index in [4.69, 9.17) is 22.0 Å². The molecule has 0 aliphatic heterocycles. The molecule has 0 atom stereocenters. The van der Waals surface area contributed by atoms with Gasteiger partial charge >= 0.3 is 5.97 Å². The third kappa shape index (κ3) is 2.61. The van der Waals surface area contributed by atoms with Crippen molar-refractivity contribution in [3.05, 3.63) is 40.4 Å². The predicted octanol–water partition coefficient (Wildman–Crippen LogP) is 2.31. The first-order valence-corrected chi connectivity index (χ1v) is 4.12. The molecule has 0 saturated heterocycles. The lowest BCUT2D eigenvalue weighted by atomic mass is 10.1. The predicted molar refractivity (Wildman–Crippen MR) is 52.8 cm³/mol. The molecule has 0 aliphatic rings. The minimum absolute atomic E-state index is 0.356. The van der Waals surface area contributed by atoms with Gasteiger partial charge in [0, 0.05) is 11.1 Å². The van der Waals surface area contributed by atoms with Crippen LogP contribution in [-0.2, 0) is 4.79 Å². The maximum Gasteiger partial charge on any atom is 0.328 e. The minimum atomic E-state index is -1.05. The highest BCUT2D eigenvalue weighted by atomic mass is 35.5. The molecule has 0 aliphatic carbocycles. The number of benzene rings is 1. The molecule has 0 aromatic heterocycles. The van der Waals surface area contributed by atoms with E-state index in [2.05, 4.69) is 0 Å². The largest absolute Gasteiger partial charge is 0.478 e. The third-order valence-corrected chi connectivity index (χ3v) is 1.78. The van der Waals surface area contributed by atoms with Crippen molar-refractivity contribution < 1.29 is 9.90 Å². The van der Waals surface area contributed by atoms with Crippen LogP contribution in [0.25, 0.3) is 6.08 Å². The van der Waals surface area contributed by atoms with Crippen LogP contribution in [0.1, 0.15) is 11.1 Å². The fraction of sp³-hybridized carbons (Fsp3) is 0. The molecule has 14 heavy (non-hydrogen) atoms. The summed E-state index contributed by atoms with van der Waals surface area (Å²) in [5, 5.41) is 17.6. The van der Waals surface area contributed by atoms with Crippen molar-refractivity contribution in [3.8, 4) is 6.07 Å². The smallest absolute Gasteiger partial charge is 0.328 e. The second kappa shape index (κ2) is 4.45. The molecule has 3 nitrogen and oxygen atoms in total. The molecule has 4 heteroatoms. The van der Waals surface area contributed by atoms with Crippen LogP contribution in [-0.4, -0.2) is 11.1 Å². The van der Waals surface area contributed by atoms with Crippen LogP contribution in [0.5, 0.6) is 0 Å². The molecule has 0 amide bonds. The van der Waals surface area contributed by atoms with Gasteiger partial charge in [0.25, 0.3) is 0 Å². The van der Waals surface area contributed by atoms with E-state index >= 15 is 0 Å². The summed E-state index contributed by atoms with van der Waals surface area (Å²) >= 11 is 5.67. The van der Waals surface area contributed by atoms with Crippen LogP contribution < -0.4 is 0 Å². The Hall–Kier alpha value is -1.79. The zero-order chi connectivity index (χ0) is 10.6. The van der Waals surface area contributed by atoms with Gasteiger partial charge in [0.1, 0.15) is 0 Å². The molecular weight excluding hydrogens is 202 g/mol. The number of aliphatic carboxylic acids is 1. The van der Waals surface area contributed by atoms with Gasteiger partial charge in [-0.2, -0.15) is 5.26 Å². The molecule has 0 saturated carbocycles. The van der Waals surface area contributed by atoms with Crippen LogP contribution >= 0.6 is 11.6 Å². The number of hydrogen-bond acceptors (Lipinski definition) is 2. The number of carbonyl (C=O) groups is 1. The Balaban J connectivity index is 3.10. The van der Waals surface area contributed by atoms with E-state index in [9.17, 15) is 4.79 Å². The minimum Gasteiger partial charge on any atom is -0.478 e. The van der Waals surface area contributed by atoms with Crippen LogP contribution in [0.4, 0.5) is 0 Å². The zero-order valence-electron chi connectivity index (χ0n) is 7.07. The second-order valence-corrected chi connectivity index (χ2v) is 2.95. The van der Waals surface area contributed by atoms with Gasteiger partial charge in [0.05, 0.1) is 11.6 Å². The van der Waals surface area contributed by atoms with Gasteiger partial charge in [-0.3, -0.25) is 0 Å². The second-order valence-electron chi connectivity index (χ2n) is 2.51. The first-order chi connectivity index (χ1) is 6.63. The molecule has 0 radical (unpaired) electrons. The summed E-state index contributed by atoms with van der Waals surface area (Å²) in [5.41, 5.74) is 0.898. The van der Waals surface area contributed by atoms with Crippen molar-refractivity contribution >= 4 is 23.6 Å². The highest BCUT2D eigenvalue weighted by Crippen LogP contribution is 2.16. The fourth-order valence-corrected chi connectivity index (χ4v) is 1.10. The number of carboxylic acids is 1. The Morgan fingerprint density at radius 3 is 2.86 bits per heavy atom. The summed E-state index contributed by atoms with van der Waals surface area (Å²) in [6.45, 7) is 0. The molecular formula is C10H6ClNO2. The fourth-order valence-electron chi connectivity index (χ4n) is 0.932. The number of hydrogen-bond donors (Lipinski definition) is 1. The van der Waals surface area contributed by atoms with Crippen molar-refractivity contribution in [2.75, 3.05) is 0 Å². The standard InChI is InChI=1S/C10H6ClNO2/c11-9-3-1-7(2-4-10(13)14)8(5-9)6-12/h1-5H,(H,13,14)/b4-2+. The van der Waals surface area contributed by atoms with E-state index in [-0.39, 0.29) is 0 Å². The van der Waals surface area contributed by atoms with E-state index in [0.29, 0.717) is 16.1 Å². The van der Waals surface area contributed by atoms with Gasteiger partial charge in [0.2, 0.25) is 0 Å². The average molecular weight is 208 g/mol. The Morgan fingerprint density at radius 2 is 2.29 bits per heavy atom. The van der Waals surface area contributed by atoms with Gasteiger partial charge in [-0.25, -0.2) is 4.79 Å². The molecule has 0 spiro atoms. The van der Waals surface area contributed by atoms with E-state index < -0.39 is 5.97 Å². The lowest BCUT2D eigenvalue weighted by Gasteiger charge is -1.97. The molecule has 0 bridgehead atoms. The molecule has 70 valence electrons. The molecule has 0 unspecified atom stereocenters. The van der Waals surface area contributed by atoms with Crippen molar-refractivity contribution in [3.63, 3.8) is 0 Å². The summed E-state index contributed by atoms with van der Waals surface area (Å²) in [6.07, 6.45) is 2.33. The Labute approximate surface area is 85.9 Å². The lowest BCUT2D eigenvalue weighted by Crippen LogP contribution is -1.87. The Bertz CT molecular complexity index is 432. The number of nitriles is 1. The summed E-state index contributed by atoms with van der Waals surface area (Å²) in [6, 6.07) is 6.62. The van der Waals surface area contributed by atoms with E-state index in [1.54, 1.807) is 12.1 Å². The van der Waals surface area contributed by atoms with Gasteiger partial charge in [0.15, 0.2) is 0 Å². The highest BCUT2D eigenvalue weighted by molar-refractivity contribution is 6.30.